The lowest BCUT2D eigenvalue weighted by atomic mass is 10.3. The molecule has 4 aromatic rings. The van der Waals surface area contributed by atoms with Crippen LogP contribution in [-0.4, -0.2) is 38.9 Å². The number of anilines is 1. The van der Waals surface area contributed by atoms with Gasteiger partial charge in [0.2, 0.25) is 0 Å². The van der Waals surface area contributed by atoms with E-state index in [1.54, 1.807) is 42.6 Å². The molecule has 0 spiro atoms. The molecule has 0 bridgehead atoms. The van der Waals surface area contributed by atoms with E-state index in [1.807, 2.05) is 0 Å². The zero-order chi connectivity index (χ0) is 20.7. The zero-order valence-electron chi connectivity index (χ0n) is 15.7. The van der Waals surface area contributed by atoms with E-state index in [2.05, 4.69) is 20.0 Å². The number of para-hydroxylation sites is 1. The van der Waals surface area contributed by atoms with Gasteiger partial charge in [-0.1, -0.05) is 35.3 Å². The maximum Gasteiger partial charge on any atom is 0.168 e. The number of ether oxygens (including phenoxy) is 1. The standard InChI is InChI=1S/C21H16Cl2FN5O/c22-16-6-5-13(9-17(16)23)30-14-7-8-28(11-14)20-15-10-27-29(21(15)26-12-25-20)19-4-2-1-3-18(19)24/h1-6,9-10,12,14H,7-8,11H2. The van der Waals surface area contributed by atoms with Crippen molar-refractivity contribution in [1.82, 2.24) is 19.7 Å². The summed E-state index contributed by atoms with van der Waals surface area (Å²) in [5.74, 6) is 1.07. The van der Waals surface area contributed by atoms with Crippen LogP contribution in [0.4, 0.5) is 10.2 Å². The van der Waals surface area contributed by atoms with Gasteiger partial charge in [0, 0.05) is 19.0 Å². The summed E-state index contributed by atoms with van der Waals surface area (Å²) in [5.41, 5.74) is 0.901. The highest BCUT2D eigenvalue weighted by Gasteiger charge is 2.27. The summed E-state index contributed by atoms with van der Waals surface area (Å²) in [6, 6.07) is 11.7. The minimum atomic E-state index is -0.362. The van der Waals surface area contributed by atoms with Crippen LogP contribution in [0.5, 0.6) is 5.75 Å². The third-order valence-electron chi connectivity index (χ3n) is 5.06. The Morgan fingerprint density at radius 1 is 1.07 bits per heavy atom. The SMILES string of the molecule is Fc1ccccc1-n1ncc2c(N3CCC(Oc4ccc(Cl)c(Cl)c4)C3)ncnc21. The molecular weight excluding hydrogens is 428 g/mol. The molecule has 1 aliphatic heterocycles. The van der Waals surface area contributed by atoms with Gasteiger partial charge in [0.1, 0.15) is 35.5 Å². The van der Waals surface area contributed by atoms with Crippen LogP contribution in [0.25, 0.3) is 16.7 Å². The highest BCUT2D eigenvalue weighted by Crippen LogP contribution is 2.31. The number of aromatic nitrogens is 4. The van der Waals surface area contributed by atoms with Crippen LogP contribution < -0.4 is 9.64 Å². The number of hydrogen-bond acceptors (Lipinski definition) is 5. The van der Waals surface area contributed by atoms with Crippen molar-refractivity contribution in [1.29, 1.82) is 0 Å². The molecule has 1 atom stereocenters. The summed E-state index contributed by atoms with van der Waals surface area (Å²) < 4.78 is 21.8. The second-order valence-corrected chi connectivity index (χ2v) is 7.81. The van der Waals surface area contributed by atoms with Gasteiger partial charge in [-0.25, -0.2) is 19.0 Å². The molecule has 0 saturated carbocycles. The monoisotopic (exact) mass is 443 g/mol. The van der Waals surface area contributed by atoms with Gasteiger partial charge in [0.15, 0.2) is 5.65 Å². The van der Waals surface area contributed by atoms with Gasteiger partial charge in [-0.2, -0.15) is 5.10 Å². The van der Waals surface area contributed by atoms with Crippen molar-refractivity contribution in [2.75, 3.05) is 18.0 Å². The molecule has 0 N–H and O–H groups in total. The maximum absolute atomic E-state index is 14.2. The summed E-state index contributed by atoms with van der Waals surface area (Å²) in [6.07, 6.45) is 3.95. The predicted octanol–water partition coefficient (Wildman–Crippen LogP) is 4.92. The molecule has 1 aliphatic rings. The lowest BCUT2D eigenvalue weighted by Crippen LogP contribution is -2.25. The third kappa shape index (κ3) is 3.44. The molecule has 1 saturated heterocycles. The van der Waals surface area contributed by atoms with E-state index in [9.17, 15) is 4.39 Å². The molecule has 3 heterocycles. The average molecular weight is 444 g/mol. The van der Waals surface area contributed by atoms with Crippen LogP contribution in [0.15, 0.2) is 55.0 Å². The smallest absolute Gasteiger partial charge is 0.168 e. The van der Waals surface area contributed by atoms with E-state index in [0.717, 1.165) is 24.2 Å². The highest BCUT2D eigenvalue weighted by molar-refractivity contribution is 6.42. The second-order valence-electron chi connectivity index (χ2n) is 6.99. The molecule has 2 aromatic heterocycles. The Labute approximate surface area is 181 Å². The van der Waals surface area contributed by atoms with Crippen molar-refractivity contribution >= 4 is 40.1 Å². The van der Waals surface area contributed by atoms with Crippen molar-refractivity contribution in [2.24, 2.45) is 0 Å². The molecule has 0 radical (unpaired) electrons. The highest BCUT2D eigenvalue weighted by atomic mass is 35.5. The molecular formula is C21H16Cl2FN5O. The first-order valence-corrected chi connectivity index (χ1v) is 10.2. The quantitative estimate of drug-likeness (QED) is 0.447. The zero-order valence-corrected chi connectivity index (χ0v) is 17.2. The topological polar surface area (TPSA) is 56.1 Å². The molecule has 1 unspecified atom stereocenters. The summed E-state index contributed by atoms with van der Waals surface area (Å²) in [7, 11) is 0. The molecule has 1 fully saturated rings. The molecule has 5 rings (SSSR count). The van der Waals surface area contributed by atoms with Crippen LogP contribution in [-0.2, 0) is 0 Å². The summed E-state index contributed by atoms with van der Waals surface area (Å²) >= 11 is 12.0. The van der Waals surface area contributed by atoms with Crippen molar-refractivity contribution in [3.8, 4) is 11.4 Å². The Hall–Kier alpha value is -2.90. The lowest BCUT2D eigenvalue weighted by Gasteiger charge is -2.18. The second kappa shape index (κ2) is 7.74. The van der Waals surface area contributed by atoms with E-state index in [1.165, 1.54) is 17.1 Å². The maximum atomic E-state index is 14.2. The number of rotatable bonds is 4. The molecule has 0 aliphatic carbocycles. The van der Waals surface area contributed by atoms with Gasteiger partial charge < -0.3 is 9.64 Å². The van der Waals surface area contributed by atoms with Crippen LogP contribution in [0.1, 0.15) is 6.42 Å². The fourth-order valence-corrected chi connectivity index (χ4v) is 3.93. The Bertz CT molecular complexity index is 1230. The van der Waals surface area contributed by atoms with Crippen molar-refractivity contribution in [3.63, 3.8) is 0 Å². The molecule has 6 nitrogen and oxygen atoms in total. The van der Waals surface area contributed by atoms with Crippen LogP contribution in [0.2, 0.25) is 10.0 Å². The van der Waals surface area contributed by atoms with Gasteiger partial charge in [0.25, 0.3) is 0 Å². The lowest BCUT2D eigenvalue weighted by molar-refractivity contribution is 0.225. The van der Waals surface area contributed by atoms with Crippen LogP contribution >= 0.6 is 23.2 Å². The fourth-order valence-electron chi connectivity index (χ4n) is 3.64. The first-order chi connectivity index (χ1) is 14.6. The minimum Gasteiger partial charge on any atom is -0.488 e. The van der Waals surface area contributed by atoms with E-state index < -0.39 is 0 Å². The average Bonchev–Trinajstić information content (AvgIpc) is 3.38. The van der Waals surface area contributed by atoms with Crippen molar-refractivity contribution in [2.45, 2.75) is 12.5 Å². The normalized spacial score (nSPS) is 16.4. The summed E-state index contributed by atoms with van der Waals surface area (Å²) in [4.78, 5) is 10.9. The first kappa shape index (κ1) is 19.1. The predicted molar refractivity (Wildman–Crippen MR) is 114 cm³/mol. The first-order valence-electron chi connectivity index (χ1n) is 9.40. The van der Waals surface area contributed by atoms with Gasteiger partial charge in [-0.15, -0.1) is 0 Å². The van der Waals surface area contributed by atoms with Gasteiger partial charge in [0.05, 0.1) is 28.2 Å². The fraction of sp³-hybridized carbons (Fsp3) is 0.190. The van der Waals surface area contributed by atoms with E-state index in [0.29, 0.717) is 33.7 Å². The Balaban J connectivity index is 1.40. The molecule has 152 valence electrons. The summed E-state index contributed by atoms with van der Waals surface area (Å²) in [5, 5.41) is 6.07. The number of nitrogens with zero attached hydrogens (tertiary/aromatic N) is 5. The number of halogens is 3. The van der Waals surface area contributed by atoms with E-state index >= 15 is 0 Å². The van der Waals surface area contributed by atoms with Crippen LogP contribution in [0.3, 0.4) is 0 Å². The molecule has 9 heteroatoms. The number of fused-ring (bicyclic) bond motifs is 1. The van der Waals surface area contributed by atoms with Crippen LogP contribution in [0, 0.1) is 5.82 Å². The Kier molecular flexibility index (Phi) is 4.92. The molecule has 30 heavy (non-hydrogen) atoms. The number of benzene rings is 2. The van der Waals surface area contributed by atoms with Gasteiger partial charge >= 0.3 is 0 Å². The Morgan fingerprint density at radius 2 is 1.93 bits per heavy atom. The van der Waals surface area contributed by atoms with Gasteiger partial charge in [-0.05, 0) is 24.3 Å². The Morgan fingerprint density at radius 3 is 2.77 bits per heavy atom. The minimum absolute atomic E-state index is 0.0196. The molecule has 0 amide bonds. The summed E-state index contributed by atoms with van der Waals surface area (Å²) in [6.45, 7) is 1.42. The molecule has 2 aromatic carbocycles. The van der Waals surface area contributed by atoms with E-state index in [-0.39, 0.29) is 11.9 Å². The number of hydrogen-bond donors (Lipinski definition) is 0. The third-order valence-corrected chi connectivity index (χ3v) is 5.80. The largest absolute Gasteiger partial charge is 0.488 e. The van der Waals surface area contributed by atoms with Gasteiger partial charge in [-0.3, -0.25) is 0 Å². The van der Waals surface area contributed by atoms with E-state index in [4.69, 9.17) is 27.9 Å². The van der Waals surface area contributed by atoms with Crippen molar-refractivity contribution < 1.29 is 9.13 Å². The van der Waals surface area contributed by atoms with Crippen molar-refractivity contribution in [3.05, 3.63) is 70.9 Å².